The summed E-state index contributed by atoms with van der Waals surface area (Å²) in [5.41, 5.74) is 0.656. The van der Waals surface area contributed by atoms with Crippen LogP contribution in [0.2, 0.25) is 5.02 Å². The average molecular weight is 481 g/mol. The van der Waals surface area contributed by atoms with Gasteiger partial charge in [-0.1, -0.05) is 23.7 Å². The molecule has 2 aromatic rings. The number of nitrogens with zero attached hydrogens (tertiary/aromatic N) is 1. The van der Waals surface area contributed by atoms with Crippen LogP contribution in [0, 0.1) is 5.92 Å². The lowest BCUT2D eigenvalue weighted by Gasteiger charge is -2.31. The largest absolute Gasteiger partial charge is 0.497 e. The Hall–Kier alpha value is -2.29. The number of hydrogen-bond acceptors (Lipinski definition) is 5. The van der Waals surface area contributed by atoms with Gasteiger partial charge < -0.3 is 14.8 Å². The number of rotatable bonds is 9. The Morgan fingerprint density at radius 3 is 2.44 bits per heavy atom. The number of ether oxygens (including phenoxy) is 2. The fourth-order valence-electron chi connectivity index (χ4n) is 3.62. The molecule has 1 saturated heterocycles. The molecule has 2 aromatic carbocycles. The molecule has 0 aliphatic carbocycles. The Morgan fingerprint density at radius 1 is 1.16 bits per heavy atom. The normalized spacial score (nSPS) is 16.3. The van der Waals surface area contributed by atoms with Gasteiger partial charge in [0.25, 0.3) is 0 Å². The van der Waals surface area contributed by atoms with Crippen LogP contribution in [0.15, 0.2) is 48.5 Å². The number of carbonyl (C=O) groups is 1. The second-order valence-electron chi connectivity index (χ2n) is 7.96. The highest BCUT2D eigenvalue weighted by Crippen LogP contribution is 2.23. The first kappa shape index (κ1) is 24.4. The van der Waals surface area contributed by atoms with Gasteiger partial charge in [0.1, 0.15) is 18.1 Å². The van der Waals surface area contributed by atoms with E-state index in [4.69, 9.17) is 21.1 Å². The van der Waals surface area contributed by atoms with E-state index >= 15 is 0 Å². The number of nitrogens with one attached hydrogen (secondary N) is 1. The second kappa shape index (κ2) is 11.0. The van der Waals surface area contributed by atoms with Crippen molar-refractivity contribution >= 4 is 27.5 Å². The summed E-state index contributed by atoms with van der Waals surface area (Å²) in [6, 6.07) is 13.9. The third-order valence-corrected chi connectivity index (χ3v) is 7.49. The lowest BCUT2D eigenvalue weighted by atomic mass is 9.97. The summed E-state index contributed by atoms with van der Waals surface area (Å²) in [7, 11) is -1.85. The first-order chi connectivity index (χ1) is 15.3. The van der Waals surface area contributed by atoms with E-state index < -0.39 is 10.0 Å². The highest BCUT2D eigenvalue weighted by molar-refractivity contribution is 7.88. The molecule has 0 bridgehead atoms. The van der Waals surface area contributed by atoms with E-state index in [-0.39, 0.29) is 23.6 Å². The molecule has 1 fully saturated rings. The average Bonchev–Trinajstić information content (AvgIpc) is 2.78. The van der Waals surface area contributed by atoms with Gasteiger partial charge in [0, 0.05) is 24.0 Å². The predicted octanol–water partition coefficient (Wildman–Crippen LogP) is 3.47. The van der Waals surface area contributed by atoms with Crippen LogP contribution >= 0.6 is 11.6 Å². The summed E-state index contributed by atoms with van der Waals surface area (Å²) in [6.45, 7) is 2.88. The number of piperidine rings is 1. The zero-order valence-corrected chi connectivity index (χ0v) is 19.9. The first-order valence-electron chi connectivity index (χ1n) is 10.6. The van der Waals surface area contributed by atoms with Gasteiger partial charge in [0.05, 0.1) is 18.9 Å². The Morgan fingerprint density at radius 2 is 1.81 bits per heavy atom. The Kier molecular flexibility index (Phi) is 8.39. The Labute approximate surface area is 194 Å². The minimum absolute atomic E-state index is 0.0669. The van der Waals surface area contributed by atoms with Crippen molar-refractivity contribution in [3.8, 4) is 11.5 Å². The maximum absolute atomic E-state index is 12.7. The quantitative estimate of drug-likeness (QED) is 0.594. The van der Waals surface area contributed by atoms with Crippen LogP contribution in [0.5, 0.6) is 11.5 Å². The lowest BCUT2D eigenvalue weighted by molar-refractivity contribution is -0.126. The molecule has 1 aliphatic heterocycles. The molecule has 0 aromatic heterocycles. The monoisotopic (exact) mass is 480 g/mol. The maximum Gasteiger partial charge on any atom is 0.223 e. The van der Waals surface area contributed by atoms with Crippen molar-refractivity contribution in [2.45, 2.75) is 31.6 Å². The Balaban J connectivity index is 1.44. The molecular weight excluding hydrogens is 452 g/mol. The number of sulfonamides is 1. The summed E-state index contributed by atoms with van der Waals surface area (Å²) >= 11 is 5.96. The van der Waals surface area contributed by atoms with Crippen molar-refractivity contribution in [2.75, 3.05) is 26.8 Å². The molecular formula is C23H29ClN2O5S. The van der Waals surface area contributed by atoms with Gasteiger partial charge in [-0.25, -0.2) is 12.7 Å². The van der Waals surface area contributed by atoms with Crippen LogP contribution in [0.4, 0.5) is 0 Å². The molecule has 0 radical (unpaired) electrons. The van der Waals surface area contributed by atoms with Crippen molar-refractivity contribution in [3.63, 3.8) is 0 Å². The fourth-order valence-corrected chi connectivity index (χ4v) is 5.38. The smallest absolute Gasteiger partial charge is 0.223 e. The fraction of sp³-hybridized carbons (Fsp3) is 0.435. The standard InChI is InChI=1S/C23H29ClN2O5S/c1-17(15-31-22-8-6-21(30-2)7-9-22)25-23(27)19-10-12-26(13-11-19)32(28,29)16-18-4-3-5-20(24)14-18/h3-9,14,17,19H,10-13,15-16H2,1-2H3,(H,25,27)/t17-/m0/s1. The highest BCUT2D eigenvalue weighted by Gasteiger charge is 2.31. The van der Waals surface area contributed by atoms with Gasteiger partial charge in [0.2, 0.25) is 15.9 Å². The van der Waals surface area contributed by atoms with E-state index in [1.54, 1.807) is 31.4 Å². The van der Waals surface area contributed by atoms with Crippen LogP contribution in [-0.4, -0.2) is 51.5 Å². The summed E-state index contributed by atoms with van der Waals surface area (Å²) < 4.78 is 37.8. The molecule has 0 spiro atoms. The number of hydrogen-bond donors (Lipinski definition) is 1. The molecule has 1 aliphatic rings. The summed E-state index contributed by atoms with van der Waals surface area (Å²) in [5, 5.41) is 3.48. The molecule has 7 nitrogen and oxygen atoms in total. The molecule has 9 heteroatoms. The van der Waals surface area contributed by atoms with E-state index in [1.807, 2.05) is 31.2 Å². The van der Waals surface area contributed by atoms with Crippen LogP contribution < -0.4 is 14.8 Å². The minimum atomic E-state index is -3.46. The van der Waals surface area contributed by atoms with E-state index in [0.29, 0.717) is 48.9 Å². The van der Waals surface area contributed by atoms with Crippen LogP contribution in [0.1, 0.15) is 25.3 Å². The molecule has 1 atom stereocenters. The molecule has 0 unspecified atom stereocenters. The number of benzene rings is 2. The van der Waals surface area contributed by atoms with Gasteiger partial charge >= 0.3 is 0 Å². The zero-order chi connectivity index (χ0) is 23.1. The molecule has 3 rings (SSSR count). The zero-order valence-electron chi connectivity index (χ0n) is 18.3. The lowest BCUT2D eigenvalue weighted by Crippen LogP contribution is -2.46. The summed E-state index contributed by atoms with van der Waals surface area (Å²) in [5.74, 6) is 1.08. The van der Waals surface area contributed by atoms with Crippen LogP contribution in [-0.2, 0) is 20.6 Å². The van der Waals surface area contributed by atoms with Crippen molar-refractivity contribution < 1.29 is 22.7 Å². The van der Waals surface area contributed by atoms with Gasteiger partial charge in [-0.15, -0.1) is 0 Å². The van der Waals surface area contributed by atoms with Crippen molar-refractivity contribution in [3.05, 3.63) is 59.1 Å². The van der Waals surface area contributed by atoms with Gasteiger partial charge in [-0.2, -0.15) is 0 Å². The first-order valence-corrected chi connectivity index (χ1v) is 12.5. The number of halogens is 1. The Bertz CT molecular complexity index is 1010. The molecule has 1 heterocycles. The summed E-state index contributed by atoms with van der Waals surface area (Å²) in [6.07, 6.45) is 0.985. The van der Waals surface area contributed by atoms with Gasteiger partial charge in [-0.05, 0) is 61.7 Å². The van der Waals surface area contributed by atoms with Gasteiger partial charge in [0.15, 0.2) is 0 Å². The van der Waals surface area contributed by atoms with E-state index in [2.05, 4.69) is 5.32 Å². The minimum Gasteiger partial charge on any atom is -0.497 e. The third kappa shape index (κ3) is 6.85. The number of methoxy groups -OCH3 is 1. The molecule has 1 amide bonds. The predicted molar refractivity (Wildman–Crippen MR) is 124 cm³/mol. The van der Waals surface area contributed by atoms with Crippen LogP contribution in [0.3, 0.4) is 0 Å². The summed E-state index contributed by atoms with van der Waals surface area (Å²) in [4.78, 5) is 12.6. The SMILES string of the molecule is COc1ccc(OC[C@H](C)NC(=O)C2CCN(S(=O)(=O)Cc3cccc(Cl)c3)CC2)cc1. The van der Waals surface area contributed by atoms with Gasteiger partial charge in [-0.3, -0.25) is 4.79 Å². The molecule has 32 heavy (non-hydrogen) atoms. The molecule has 1 N–H and O–H groups in total. The van der Waals surface area contributed by atoms with Crippen molar-refractivity contribution in [2.24, 2.45) is 5.92 Å². The van der Waals surface area contributed by atoms with Crippen molar-refractivity contribution in [1.29, 1.82) is 0 Å². The second-order valence-corrected chi connectivity index (χ2v) is 10.4. The molecule has 0 saturated carbocycles. The number of amides is 1. The van der Waals surface area contributed by atoms with E-state index in [9.17, 15) is 13.2 Å². The topological polar surface area (TPSA) is 84.9 Å². The van der Waals surface area contributed by atoms with Crippen molar-refractivity contribution in [1.82, 2.24) is 9.62 Å². The number of carbonyl (C=O) groups excluding carboxylic acids is 1. The van der Waals surface area contributed by atoms with E-state index in [1.165, 1.54) is 4.31 Å². The third-order valence-electron chi connectivity index (χ3n) is 5.40. The molecule has 174 valence electrons. The van der Waals surface area contributed by atoms with Crippen LogP contribution in [0.25, 0.3) is 0 Å². The highest BCUT2D eigenvalue weighted by atomic mass is 35.5. The van der Waals surface area contributed by atoms with E-state index in [0.717, 1.165) is 5.75 Å². The maximum atomic E-state index is 12.7.